The molecular weight excluding hydrogens is 311 g/mol. The summed E-state index contributed by atoms with van der Waals surface area (Å²) in [5, 5.41) is 0. The van der Waals surface area contributed by atoms with Crippen LogP contribution >= 0.6 is 0 Å². The van der Waals surface area contributed by atoms with Crippen molar-refractivity contribution in [1.82, 2.24) is 4.90 Å². The molecule has 1 heterocycles. The van der Waals surface area contributed by atoms with Crippen molar-refractivity contribution in [3.63, 3.8) is 0 Å². The van der Waals surface area contributed by atoms with Crippen LogP contribution in [0.4, 0.5) is 10.1 Å². The van der Waals surface area contributed by atoms with E-state index in [1.807, 2.05) is 0 Å². The number of hydrogen-bond acceptors (Lipinski definition) is 4. The SMILES string of the molecule is C[C@H](C(=O)N1CCOCC1)N(c1cccc(F)c1)S(C)(=O)=O. The summed E-state index contributed by atoms with van der Waals surface area (Å²) < 4.78 is 43.7. The molecule has 8 heteroatoms. The maximum atomic E-state index is 13.4. The number of nitrogens with zero attached hydrogens (tertiary/aromatic N) is 2. The zero-order valence-corrected chi connectivity index (χ0v) is 13.3. The fraction of sp³-hybridized carbons (Fsp3) is 0.500. The lowest BCUT2D eigenvalue weighted by molar-refractivity contribution is -0.136. The minimum absolute atomic E-state index is 0.136. The van der Waals surface area contributed by atoms with Crippen LogP contribution in [-0.2, 0) is 19.6 Å². The van der Waals surface area contributed by atoms with Crippen LogP contribution in [0.25, 0.3) is 0 Å². The molecule has 0 aliphatic carbocycles. The van der Waals surface area contributed by atoms with E-state index in [-0.39, 0.29) is 11.6 Å². The Hall–Kier alpha value is -1.67. The highest BCUT2D eigenvalue weighted by Crippen LogP contribution is 2.22. The Bertz CT molecular complexity index is 644. The molecule has 0 unspecified atom stereocenters. The van der Waals surface area contributed by atoms with Crippen LogP contribution in [0.2, 0.25) is 0 Å². The number of sulfonamides is 1. The van der Waals surface area contributed by atoms with E-state index < -0.39 is 21.9 Å². The van der Waals surface area contributed by atoms with Gasteiger partial charge in [-0.25, -0.2) is 12.8 Å². The van der Waals surface area contributed by atoms with Gasteiger partial charge >= 0.3 is 0 Å². The molecule has 0 N–H and O–H groups in total. The second kappa shape index (κ2) is 6.62. The van der Waals surface area contributed by atoms with Gasteiger partial charge in [0.05, 0.1) is 25.2 Å². The number of morpholine rings is 1. The average molecular weight is 330 g/mol. The molecule has 1 aromatic carbocycles. The normalized spacial score (nSPS) is 17.1. The Labute approximate surface area is 129 Å². The van der Waals surface area contributed by atoms with Gasteiger partial charge in [0.25, 0.3) is 0 Å². The Morgan fingerprint density at radius 1 is 1.36 bits per heavy atom. The number of ether oxygens (including phenoxy) is 1. The molecule has 1 amide bonds. The molecule has 122 valence electrons. The predicted molar refractivity (Wildman–Crippen MR) is 80.6 cm³/mol. The van der Waals surface area contributed by atoms with Crippen LogP contribution in [0.1, 0.15) is 6.92 Å². The van der Waals surface area contributed by atoms with Crippen molar-refractivity contribution in [3.8, 4) is 0 Å². The van der Waals surface area contributed by atoms with Gasteiger partial charge in [-0.1, -0.05) is 6.07 Å². The molecule has 0 aromatic heterocycles. The third kappa shape index (κ3) is 3.75. The van der Waals surface area contributed by atoms with Crippen LogP contribution < -0.4 is 4.31 Å². The Balaban J connectivity index is 2.31. The predicted octanol–water partition coefficient (Wildman–Crippen LogP) is 0.839. The largest absolute Gasteiger partial charge is 0.378 e. The smallest absolute Gasteiger partial charge is 0.246 e. The summed E-state index contributed by atoms with van der Waals surface area (Å²) in [5.74, 6) is -0.879. The fourth-order valence-corrected chi connectivity index (χ4v) is 3.62. The van der Waals surface area contributed by atoms with Crippen LogP contribution in [0.3, 0.4) is 0 Å². The van der Waals surface area contributed by atoms with E-state index >= 15 is 0 Å². The number of anilines is 1. The van der Waals surface area contributed by atoms with Gasteiger partial charge in [0.1, 0.15) is 11.9 Å². The lowest BCUT2D eigenvalue weighted by Crippen LogP contribution is -2.52. The van der Waals surface area contributed by atoms with Crippen LogP contribution in [0, 0.1) is 5.82 Å². The van der Waals surface area contributed by atoms with E-state index in [0.29, 0.717) is 26.3 Å². The Kier molecular flexibility index (Phi) is 5.02. The van der Waals surface area contributed by atoms with Crippen molar-refractivity contribution in [2.75, 3.05) is 36.9 Å². The first kappa shape index (κ1) is 16.7. The second-order valence-corrected chi connectivity index (χ2v) is 7.01. The standard InChI is InChI=1S/C14H19FN2O4S/c1-11(14(18)16-6-8-21-9-7-16)17(22(2,19)20)13-5-3-4-12(15)10-13/h3-5,10-11H,6-9H2,1-2H3/t11-/m1/s1. The van der Waals surface area contributed by atoms with Crippen LogP contribution in [0.5, 0.6) is 0 Å². The number of hydrogen-bond donors (Lipinski definition) is 0. The summed E-state index contributed by atoms with van der Waals surface area (Å²) in [4.78, 5) is 14.1. The van der Waals surface area contributed by atoms with Gasteiger partial charge in [-0.15, -0.1) is 0 Å². The zero-order valence-electron chi connectivity index (χ0n) is 12.5. The number of benzene rings is 1. The first-order valence-corrected chi connectivity index (χ1v) is 8.77. The first-order chi connectivity index (χ1) is 10.3. The Morgan fingerprint density at radius 2 is 2.00 bits per heavy atom. The lowest BCUT2D eigenvalue weighted by atomic mass is 10.2. The summed E-state index contributed by atoms with van der Waals surface area (Å²) in [6, 6.07) is 4.25. The minimum Gasteiger partial charge on any atom is -0.378 e. The van der Waals surface area contributed by atoms with Gasteiger partial charge < -0.3 is 9.64 Å². The van der Waals surface area contributed by atoms with Gasteiger partial charge in [-0.2, -0.15) is 0 Å². The monoisotopic (exact) mass is 330 g/mol. The molecule has 0 spiro atoms. The number of carbonyl (C=O) groups excluding carboxylic acids is 1. The Morgan fingerprint density at radius 3 is 2.55 bits per heavy atom. The van der Waals surface area contributed by atoms with E-state index in [4.69, 9.17) is 4.74 Å². The molecular formula is C14H19FN2O4S. The molecule has 0 bridgehead atoms. The molecule has 1 atom stereocenters. The second-order valence-electron chi connectivity index (χ2n) is 5.15. The lowest BCUT2D eigenvalue weighted by Gasteiger charge is -2.34. The zero-order chi connectivity index (χ0) is 16.3. The highest BCUT2D eigenvalue weighted by molar-refractivity contribution is 7.92. The van der Waals surface area contributed by atoms with Gasteiger partial charge in [0, 0.05) is 13.1 Å². The van der Waals surface area contributed by atoms with Crippen LogP contribution in [-0.4, -0.2) is 57.8 Å². The molecule has 0 saturated carbocycles. The van der Waals surface area contributed by atoms with E-state index in [1.165, 1.54) is 25.1 Å². The topological polar surface area (TPSA) is 66.9 Å². The molecule has 1 aromatic rings. The highest BCUT2D eigenvalue weighted by atomic mass is 32.2. The molecule has 2 rings (SSSR count). The summed E-state index contributed by atoms with van der Waals surface area (Å²) in [5.41, 5.74) is 0.136. The quantitative estimate of drug-likeness (QED) is 0.820. The highest BCUT2D eigenvalue weighted by Gasteiger charge is 2.32. The van der Waals surface area contributed by atoms with Gasteiger partial charge in [0.2, 0.25) is 15.9 Å². The van der Waals surface area contributed by atoms with Crippen molar-refractivity contribution >= 4 is 21.6 Å². The average Bonchev–Trinajstić information content (AvgIpc) is 2.46. The molecule has 1 saturated heterocycles. The molecule has 0 radical (unpaired) electrons. The van der Waals surface area contributed by atoms with Crippen molar-refractivity contribution in [1.29, 1.82) is 0 Å². The number of amides is 1. The maximum Gasteiger partial charge on any atom is 0.246 e. The van der Waals surface area contributed by atoms with Crippen molar-refractivity contribution in [2.45, 2.75) is 13.0 Å². The van der Waals surface area contributed by atoms with Crippen molar-refractivity contribution in [3.05, 3.63) is 30.1 Å². The van der Waals surface area contributed by atoms with Gasteiger partial charge in [-0.3, -0.25) is 9.10 Å². The van der Waals surface area contributed by atoms with Crippen molar-refractivity contribution in [2.24, 2.45) is 0 Å². The maximum absolute atomic E-state index is 13.4. The summed E-state index contributed by atoms with van der Waals surface area (Å²) in [6.45, 7) is 3.20. The first-order valence-electron chi connectivity index (χ1n) is 6.92. The third-order valence-electron chi connectivity index (χ3n) is 3.45. The van der Waals surface area contributed by atoms with E-state index in [9.17, 15) is 17.6 Å². The molecule has 22 heavy (non-hydrogen) atoms. The van der Waals surface area contributed by atoms with E-state index in [1.54, 1.807) is 4.90 Å². The number of carbonyl (C=O) groups is 1. The number of rotatable bonds is 4. The molecule has 1 aliphatic rings. The van der Waals surface area contributed by atoms with Crippen molar-refractivity contribution < 1.29 is 22.3 Å². The van der Waals surface area contributed by atoms with Gasteiger partial charge in [-0.05, 0) is 25.1 Å². The van der Waals surface area contributed by atoms with Crippen LogP contribution in [0.15, 0.2) is 24.3 Å². The van der Waals surface area contributed by atoms with Gasteiger partial charge in [0.15, 0.2) is 0 Å². The summed E-state index contributed by atoms with van der Waals surface area (Å²) in [6.07, 6.45) is 1.00. The molecule has 1 fully saturated rings. The number of halogens is 1. The molecule has 6 nitrogen and oxygen atoms in total. The van der Waals surface area contributed by atoms with E-state index in [0.717, 1.165) is 16.6 Å². The third-order valence-corrected chi connectivity index (χ3v) is 4.69. The minimum atomic E-state index is -3.73. The summed E-state index contributed by atoms with van der Waals surface area (Å²) in [7, 11) is -3.73. The fourth-order valence-electron chi connectivity index (χ4n) is 2.46. The molecule has 1 aliphatic heterocycles. The summed E-state index contributed by atoms with van der Waals surface area (Å²) >= 11 is 0. The van der Waals surface area contributed by atoms with E-state index in [2.05, 4.69) is 0 Å².